The molecule has 0 atom stereocenters. The van der Waals surface area contributed by atoms with Gasteiger partial charge >= 0.3 is 12.4 Å². The Morgan fingerprint density at radius 3 is 2.16 bits per heavy atom. The Morgan fingerprint density at radius 1 is 0.919 bits per heavy atom. The SMILES string of the molecule is CCS(=O)(=O)c1cc(-c2cc(C(F)(F)F)ccc2Cl)cnc1-n1ncc2ccc(C(F)(F)F)cc2c1=O. The first-order chi connectivity index (χ1) is 17.1. The van der Waals surface area contributed by atoms with Crippen molar-refractivity contribution in [3.05, 3.63) is 81.4 Å². The summed E-state index contributed by atoms with van der Waals surface area (Å²) in [6, 6.07) is 5.90. The summed E-state index contributed by atoms with van der Waals surface area (Å²) in [7, 11) is -4.17. The minimum atomic E-state index is -4.74. The number of hydrogen-bond acceptors (Lipinski definition) is 5. The number of hydrogen-bond donors (Lipinski definition) is 0. The highest BCUT2D eigenvalue weighted by atomic mass is 35.5. The van der Waals surface area contributed by atoms with E-state index in [9.17, 15) is 39.6 Å². The molecule has 14 heteroatoms. The molecule has 0 fully saturated rings. The molecule has 0 saturated carbocycles. The molecule has 0 spiro atoms. The second-order valence-electron chi connectivity index (χ2n) is 7.80. The van der Waals surface area contributed by atoms with E-state index in [1.165, 1.54) is 6.92 Å². The van der Waals surface area contributed by atoms with E-state index >= 15 is 0 Å². The summed E-state index contributed by atoms with van der Waals surface area (Å²) in [5, 5.41) is 3.42. The van der Waals surface area contributed by atoms with Crippen molar-refractivity contribution in [3.8, 4) is 16.9 Å². The summed E-state index contributed by atoms with van der Waals surface area (Å²) in [6.07, 6.45) is -7.38. The van der Waals surface area contributed by atoms with Crippen LogP contribution in [0, 0.1) is 0 Å². The van der Waals surface area contributed by atoms with Crippen LogP contribution in [0.4, 0.5) is 26.3 Å². The van der Waals surface area contributed by atoms with Crippen LogP contribution in [0.5, 0.6) is 0 Å². The van der Waals surface area contributed by atoms with Gasteiger partial charge in [0.2, 0.25) is 0 Å². The summed E-state index contributed by atoms with van der Waals surface area (Å²) < 4.78 is 106. The van der Waals surface area contributed by atoms with E-state index in [2.05, 4.69) is 10.1 Å². The molecule has 2 heterocycles. The number of nitrogens with zero attached hydrogens (tertiary/aromatic N) is 3. The number of pyridine rings is 1. The van der Waals surface area contributed by atoms with Gasteiger partial charge in [0, 0.05) is 27.7 Å². The monoisotopic (exact) mass is 561 g/mol. The average molecular weight is 562 g/mol. The van der Waals surface area contributed by atoms with Crippen molar-refractivity contribution < 1.29 is 34.8 Å². The standard InChI is InChI=1S/C23H14ClF6N3O3S/c1-2-37(35,36)19-7-13(16-8-15(23(28,29)30)5-6-18(16)24)10-31-20(19)33-21(34)17-9-14(22(25,26)27)4-3-12(17)11-32-33/h3-11H,2H2,1H3. The maximum absolute atomic E-state index is 13.2. The highest BCUT2D eigenvalue weighted by Crippen LogP contribution is 2.37. The van der Waals surface area contributed by atoms with E-state index in [1.54, 1.807) is 0 Å². The molecule has 4 rings (SSSR count). The average Bonchev–Trinajstić information content (AvgIpc) is 2.83. The van der Waals surface area contributed by atoms with Crippen molar-refractivity contribution in [1.29, 1.82) is 0 Å². The van der Waals surface area contributed by atoms with Crippen LogP contribution in [0.2, 0.25) is 5.02 Å². The van der Waals surface area contributed by atoms with Gasteiger partial charge < -0.3 is 0 Å². The number of sulfone groups is 1. The van der Waals surface area contributed by atoms with Crippen molar-refractivity contribution in [2.45, 2.75) is 24.2 Å². The Morgan fingerprint density at radius 2 is 1.54 bits per heavy atom. The van der Waals surface area contributed by atoms with E-state index in [0.29, 0.717) is 10.7 Å². The van der Waals surface area contributed by atoms with Crippen molar-refractivity contribution in [2.75, 3.05) is 5.75 Å². The van der Waals surface area contributed by atoms with Crippen LogP contribution in [-0.2, 0) is 22.2 Å². The Labute approximate surface area is 210 Å². The smallest absolute Gasteiger partial charge is 0.267 e. The molecule has 2 aromatic heterocycles. The van der Waals surface area contributed by atoms with E-state index in [1.807, 2.05) is 0 Å². The van der Waals surface area contributed by atoms with Crippen LogP contribution in [0.15, 0.2) is 64.5 Å². The summed E-state index contributed by atoms with van der Waals surface area (Å²) >= 11 is 6.08. The van der Waals surface area contributed by atoms with Crippen LogP contribution in [0.1, 0.15) is 18.1 Å². The van der Waals surface area contributed by atoms with E-state index in [-0.39, 0.29) is 21.5 Å². The third kappa shape index (κ3) is 5.05. The lowest BCUT2D eigenvalue weighted by molar-refractivity contribution is -0.138. The van der Waals surface area contributed by atoms with Gasteiger partial charge in [0.05, 0.1) is 28.5 Å². The normalized spacial score (nSPS) is 12.8. The third-order valence-corrected chi connectivity index (χ3v) is 7.53. The fraction of sp³-hybridized carbons (Fsp3) is 0.174. The maximum Gasteiger partial charge on any atom is 0.416 e. The summed E-state index contributed by atoms with van der Waals surface area (Å²) in [6.45, 7) is 1.29. The number of fused-ring (bicyclic) bond motifs is 1. The second kappa shape index (κ2) is 9.14. The lowest BCUT2D eigenvalue weighted by Crippen LogP contribution is -2.25. The Kier molecular flexibility index (Phi) is 6.57. The number of alkyl halides is 6. The predicted octanol–water partition coefficient (Wildman–Crippen LogP) is 5.93. The van der Waals surface area contributed by atoms with Crippen LogP contribution < -0.4 is 5.56 Å². The summed E-state index contributed by atoms with van der Waals surface area (Å²) in [4.78, 5) is 16.5. The molecule has 0 aliphatic carbocycles. The van der Waals surface area contributed by atoms with Crippen molar-refractivity contribution >= 4 is 32.2 Å². The van der Waals surface area contributed by atoms with Crippen LogP contribution in [0.3, 0.4) is 0 Å². The van der Waals surface area contributed by atoms with E-state index in [0.717, 1.165) is 48.8 Å². The Hall–Kier alpha value is -3.45. The molecule has 0 unspecified atom stereocenters. The van der Waals surface area contributed by atoms with Crippen LogP contribution in [0.25, 0.3) is 27.7 Å². The molecular weight excluding hydrogens is 548 g/mol. The zero-order valence-electron chi connectivity index (χ0n) is 18.5. The molecule has 0 N–H and O–H groups in total. The minimum Gasteiger partial charge on any atom is -0.267 e. The largest absolute Gasteiger partial charge is 0.416 e. The van der Waals surface area contributed by atoms with E-state index < -0.39 is 60.7 Å². The third-order valence-electron chi connectivity index (χ3n) is 5.47. The fourth-order valence-electron chi connectivity index (χ4n) is 3.52. The van der Waals surface area contributed by atoms with Gasteiger partial charge in [-0.05, 0) is 36.4 Å². The molecule has 194 valence electrons. The predicted molar refractivity (Wildman–Crippen MR) is 123 cm³/mol. The van der Waals surface area contributed by atoms with Gasteiger partial charge in [-0.1, -0.05) is 24.6 Å². The molecule has 37 heavy (non-hydrogen) atoms. The first-order valence-corrected chi connectivity index (χ1v) is 12.4. The summed E-state index contributed by atoms with van der Waals surface area (Å²) in [5.41, 5.74) is -3.48. The van der Waals surface area contributed by atoms with Gasteiger partial charge in [0.1, 0.15) is 4.90 Å². The quantitative estimate of drug-likeness (QED) is 0.288. The molecule has 0 aliphatic heterocycles. The number of halogens is 7. The summed E-state index contributed by atoms with van der Waals surface area (Å²) in [5.74, 6) is -1.01. The van der Waals surface area contributed by atoms with Gasteiger partial charge in [0.15, 0.2) is 15.7 Å². The van der Waals surface area contributed by atoms with Crippen molar-refractivity contribution in [1.82, 2.24) is 14.8 Å². The van der Waals surface area contributed by atoms with Gasteiger partial charge in [-0.3, -0.25) is 4.79 Å². The van der Waals surface area contributed by atoms with Crippen molar-refractivity contribution in [3.63, 3.8) is 0 Å². The van der Waals surface area contributed by atoms with Crippen LogP contribution in [-0.4, -0.2) is 28.9 Å². The Bertz CT molecular complexity index is 1700. The lowest BCUT2D eigenvalue weighted by atomic mass is 10.0. The van der Waals surface area contributed by atoms with Gasteiger partial charge in [-0.25, -0.2) is 13.4 Å². The first-order valence-electron chi connectivity index (χ1n) is 10.3. The molecule has 0 amide bonds. The molecule has 0 aliphatic rings. The van der Waals surface area contributed by atoms with Gasteiger partial charge in [0.25, 0.3) is 5.56 Å². The molecule has 2 aromatic carbocycles. The second-order valence-corrected chi connectivity index (χ2v) is 10.5. The van der Waals surface area contributed by atoms with Crippen molar-refractivity contribution in [2.24, 2.45) is 0 Å². The zero-order chi connectivity index (χ0) is 27.3. The number of benzene rings is 2. The minimum absolute atomic E-state index is 0.0708. The van der Waals surface area contributed by atoms with Gasteiger partial charge in [-0.15, -0.1) is 0 Å². The number of rotatable bonds is 4. The highest BCUT2D eigenvalue weighted by Gasteiger charge is 2.32. The molecule has 4 aromatic rings. The highest BCUT2D eigenvalue weighted by molar-refractivity contribution is 7.91. The molecule has 0 radical (unpaired) electrons. The van der Waals surface area contributed by atoms with E-state index in [4.69, 9.17) is 11.6 Å². The molecular formula is C23H14ClF6N3O3S. The first kappa shape index (κ1) is 26.6. The maximum atomic E-state index is 13.2. The number of aromatic nitrogens is 3. The fourth-order valence-corrected chi connectivity index (χ4v) is 4.78. The van der Waals surface area contributed by atoms with Crippen LogP contribution >= 0.6 is 11.6 Å². The Balaban J connectivity index is 1.98. The zero-order valence-corrected chi connectivity index (χ0v) is 20.1. The molecule has 0 saturated heterocycles. The molecule has 6 nitrogen and oxygen atoms in total. The molecule has 0 bridgehead atoms. The lowest BCUT2D eigenvalue weighted by Gasteiger charge is -2.14. The van der Waals surface area contributed by atoms with Gasteiger partial charge in [-0.2, -0.15) is 36.1 Å². The topological polar surface area (TPSA) is 81.9 Å².